The third-order valence-corrected chi connectivity index (χ3v) is 4.64. The predicted octanol–water partition coefficient (Wildman–Crippen LogP) is 3.40. The topological polar surface area (TPSA) is 41.6 Å². The van der Waals surface area contributed by atoms with Crippen LogP contribution in [0.4, 0.5) is 4.39 Å². The molecule has 0 aliphatic carbocycles. The average molecular weight is 342 g/mol. The number of carbonyl (C=O) groups excluding carboxylic acids is 1. The van der Waals surface area contributed by atoms with Crippen molar-refractivity contribution in [3.63, 3.8) is 0 Å². The molecule has 2 aromatic carbocycles. The largest absolute Gasteiger partial charge is 0.496 e. The first kappa shape index (κ1) is 17.4. The monoisotopic (exact) mass is 342 g/mol. The molecule has 0 saturated carbocycles. The Morgan fingerprint density at radius 2 is 1.84 bits per heavy atom. The molecule has 1 N–H and O–H groups in total. The molecule has 0 bridgehead atoms. The van der Waals surface area contributed by atoms with E-state index in [2.05, 4.69) is 10.2 Å². The van der Waals surface area contributed by atoms with Gasteiger partial charge in [-0.05, 0) is 56.3 Å². The predicted molar refractivity (Wildman–Crippen MR) is 95.3 cm³/mol. The summed E-state index contributed by atoms with van der Waals surface area (Å²) in [7, 11) is 1.66. The molecule has 1 atom stereocenters. The number of para-hydroxylation sites is 1. The van der Waals surface area contributed by atoms with Gasteiger partial charge in [-0.1, -0.05) is 18.2 Å². The summed E-state index contributed by atoms with van der Waals surface area (Å²) in [6, 6.07) is 13.6. The maximum absolute atomic E-state index is 13.0. The number of benzene rings is 2. The Morgan fingerprint density at radius 3 is 2.52 bits per heavy atom. The van der Waals surface area contributed by atoms with Gasteiger partial charge in [0.2, 0.25) is 0 Å². The number of halogens is 1. The van der Waals surface area contributed by atoms with Gasteiger partial charge >= 0.3 is 0 Å². The molecule has 1 amide bonds. The number of rotatable bonds is 6. The van der Waals surface area contributed by atoms with Crippen molar-refractivity contribution >= 4 is 5.91 Å². The van der Waals surface area contributed by atoms with Gasteiger partial charge in [0, 0.05) is 17.7 Å². The van der Waals surface area contributed by atoms with Crippen molar-refractivity contribution in [1.82, 2.24) is 10.2 Å². The molecule has 132 valence electrons. The maximum atomic E-state index is 13.0. The lowest BCUT2D eigenvalue weighted by atomic mass is 10.0. The van der Waals surface area contributed by atoms with Crippen molar-refractivity contribution in [2.75, 3.05) is 26.7 Å². The van der Waals surface area contributed by atoms with Crippen molar-refractivity contribution in [3.8, 4) is 5.75 Å². The van der Waals surface area contributed by atoms with E-state index < -0.39 is 0 Å². The zero-order valence-corrected chi connectivity index (χ0v) is 14.4. The SMILES string of the molecule is COc1ccccc1C(CNC(=O)c1ccc(F)cc1)N1CCCC1. The zero-order valence-electron chi connectivity index (χ0n) is 14.4. The van der Waals surface area contributed by atoms with Crippen molar-refractivity contribution in [1.29, 1.82) is 0 Å². The quantitative estimate of drug-likeness (QED) is 0.875. The van der Waals surface area contributed by atoms with Crippen molar-refractivity contribution in [3.05, 3.63) is 65.5 Å². The van der Waals surface area contributed by atoms with E-state index >= 15 is 0 Å². The van der Waals surface area contributed by atoms with Crippen LogP contribution in [-0.4, -0.2) is 37.6 Å². The molecule has 1 unspecified atom stereocenters. The Bertz CT molecular complexity index is 712. The zero-order chi connectivity index (χ0) is 17.6. The highest BCUT2D eigenvalue weighted by Crippen LogP contribution is 2.31. The Kier molecular flexibility index (Phi) is 5.66. The number of nitrogens with zero attached hydrogens (tertiary/aromatic N) is 1. The molecule has 0 radical (unpaired) electrons. The van der Waals surface area contributed by atoms with E-state index in [0.717, 1.165) is 37.2 Å². The van der Waals surface area contributed by atoms with Crippen LogP contribution in [0.3, 0.4) is 0 Å². The van der Waals surface area contributed by atoms with Gasteiger partial charge in [-0.25, -0.2) is 4.39 Å². The fourth-order valence-electron chi connectivity index (χ4n) is 3.32. The Morgan fingerprint density at radius 1 is 1.16 bits per heavy atom. The lowest BCUT2D eigenvalue weighted by Crippen LogP contribution is -2.37. The highest BCUT2D eigenvalue weighted by atomic mass is 19.1. The second-order valence-electron chi connectivity index (χ2n) is 6.22. The molecule has 1 fully saturated rings. The summed E-state index contributed by atoms with van der Waals surface area (Å²) in [6.45, 7) is 2.50. The van der Waals surface area contributed by atoms with Gasteiger partial charge in [0.05, 0.1) is 13.2 Å². The molecule has 0 aromatic heterocycles. The van der Waals surface area contributed by atoms with Crippen LogP contribution in [0.15, 0.2) is 48.5 Å². The highest BCUT2D eigenvalue weighted by molar-refractivity contribution is 5.94. The van der Waals surface area contributed by atoms with E-state index in [4.69, 9.17) is 4.74 Å². The minimum absolute atomic E-state index is 0.0584. The number of likely N-dealkylation sites (tertiary alicyclic amines) is 1. The van der Waals surface area contributed by atoms with Gasteiger partial charge in [0.1, 0.15) is 11.6 Å². The number of hydrogen-bond acceptors (Lipinski definition) is 3. The fraction of sp³-hybridized carbons (Fsp3) is 0.350. The third kappa shape index (κ3) is 4.17. The summed E-state index contributed by atoms with van der Waals surface area (Å²) in [5.41, 5.74) is 1.54. The number of amides is 1. The van der Waals surface area contributed by atoms with Crippen molar-refractivity contribution < 1.29 is 13.9 Å². The number of methoxy groups -OCH3 is 1. The van der Waals surface area contributed by atoms with E-state index in [0.29, 0.717) is 12.1 Å². The van der Waals surface area contributed by atoms with Crippen molar-refractivity contribution in [2.24, 2.45) is 0 Å². The smallest absolute Gasteiger partial charge is 0.251 e. The molecule has 2 aromatic rings. The molecule has 3 rings (SSSR count). The highest BCUT2D eigenvalue weighted by Gasteiger charge is 2.26. The number of ether oxygens (including phenoxy) is 1. The maximum Gasteiger partial charge on any atom is 0.251 e. The van der Waals surface area contributed by atoms with Gasteiger partial charge in [0.25, 0.3) is 5.91 Å². The second kappa shape index (κ2) is 8.12. The minimum atomic E-state index is -0.347. The van der Waals surface area contributed by atoms with Crippen LogP contribution in [0.1, 0.15) is 34.8 Å². The van der Waals surface area contributed by atoms with E-state index in [9.17, 15) is 9.18 Å². The van der Waals surface area contributed by atoms with Gasteiger partial charge in [-0.15, -0.1) is 0 Å². The van der Waals surface area contributed by atoms with Crippen LogP contribution < -0.4 is 10.1 Å². The molecule has 4 nitrogen and oxygen atoms in total. The summed E-state index contributed by atoms with van der Waals surface area (Å²) in [6.07, 6.45) is 2.33. The van der Waals surface area contributed by atoms with E-state index in [1.54, 1.807) is 7.11 Å². The van der Waals surface area contributed by atoms with E-state index in [1.807, 2.05) is 24.3 Å². The average Bonchev–Trinajstić information content (AvgIpc) is 3.17. The Hall–Kier alpha value is -2.40. The second-order valence-corrected chi connectivity index (χ2v) is 6.22. The van der Waals surface area contributed by atoms with Crippen LogP contribution in [0.2, 0.25) is 0 Å². The summed E-state index contributed by atoms with van der Waals surface area (Å²) < 4.78 is 18.5. The molecular formula is C20H23FN2O2. The fourth-order valence-corrected chi connectivity index (χ4v) is 3.32. The standard InChI is InChI=1S/C20H23FN2O2/c1-25-19-7-3-2-6-17(19)18(23-12-4-5-13-23)14-22-20(24)15-8-10-16(21)11-9-15/h2-3,6-11,18H,4-5,12-14H2,1H3,(H,22,24). The van der Waals surface area contributed by atoms with Gasteiger partial charge in [-0.2, -0.15) is 0 Å². The number of carbonyl (C=O) groups is 1. The first-order valence-electron chi connectivity index (χ1n) is 8.60. The first-order chi connectivity index (χ1) is 12.2. The number of nitrogens with one attached hydrogen (secondary N) is 1. The van der Waals surface area contributed by atoms with Gasteiger partial charge in [0.15, 0.2) is 0 Å². The third-order valence-electron chi connectivity index (χ3n) is 4.64. The Labute approximate surface area is 147 Å². The molecule has 0 spiro atoms. The summed E-state index contributed by atoms with van der Waals surface area (Å²) in [5.74, 6) is 0.287. The van der Waals surface area contributed by atoms with E-state index in [-0.39, 0.29) is 17.8 Å². The van der Waals surface area contributed by atoms with E-state index in [1.165, 1.54) is 24.3 Å². The lowest BCUT2D eigenvalue weighted by Gasteiger charge is -2.29. The van der Waals surface area contributed by atoms with Crippen LogP contribution in [0, 0.1) is 5.82 Å². The summed E-state index contributed by atoms with van der Waals surface area (Å²) >= 11 is 0. The molecule has 5 heteroatoms. The molecular weight excluding hydrogens is 319 g/mol. The van der Waals surface area contributed by atoms with Crippen molar-refractivity contribution in [2.45, 2.75) is 18.9 Å². The molecule has 1 saturated heterocycles. The van der Waals surface area contributed by atoms with Crippen LogP contribution in [0.25, 0.3) is 0 Å². The minimum Gasteiger partial charge on any atom is -0.496 e. The van der Waals surface area contributed by atoms with Gasteiger partial charge in [-0.3, -0.25) is 9.69 Å². The summed E-state index contributed by atoms with van der Waals surface area (Å²) in [4.78, 5) is 14.8. The van der Waals surface area contributed by atoms with Crippen LogP contribution >= 0.6 is 0 Å². The van der Waals surface area contributed by atoms with Gasteiger partial charge < -0.3 is 10.1 Å². The normalized spacial score (nSPS) is 15.8. The van der Waals surface area contributed by atoms with Crippen LogP contribution in [-0.2, 0) is 0 Å². The molecule has 1 aliphatic rings. The molecule has 1 heterocycles. The number of hydrogen-bond donors (Lipinski definition) is 1. The Balaban J connectivity index is 1.76. The lowest BCUT2D eigenvalue weighted by molar-refractivity contribution is 0.0937. The molecule has 25 heavy (non-hydrogen) atoms. The summed E-state index contributed by atoms with van der Waals surface area (Å²) in [5, 5.41) is 2.99. The van der Waals surface area contributed by atoms with Crippen LogP contribution in [0.5, 0.6) is 5.75 Å². The first-order valence-corrected chi connectivity index (χ1v) is 8.60. The molecule has 1 aliphatic heterocycles.